The lowest BCUT2D eigenvalue weighted by Gasteiger charge is -2.22. The Morgan fingerprint density at radius 2 is 1.76 bits per heavy atom. The topological polar surface area (TPSA) is 35.5 Å². The molecule has 2 rings (SSSR count). The zero-order valence-electron chi connectivity index (χ0n) is 12.6. The largest absolute Gasteiger partial charge is 0.390 e. The summed E-state index contributed by atoms with van der Waals surface area (Å²) in [7, 11) is 0. The average Bonchev–Trinajstić information content (AvgIpc) is 2.50. The summed E-state index contributed by atoms with van der Waals surface area (Å²) in [5, 5.41) is 15.8. The minimum absolute atomic E-state index is 0.356. The van der Waals surface area contributed by atoms with E-state index >= 15 is 0 Å². The first-order valence-electron chi connectivity index (χ1n) is 7.46. The third-order valence-electron chi connectivity index (χ3n) is 3.71. The van der Waals surface area contributed by atoms with E-state index in [0.29, 0.717) is 13.1 Å². The van der Waals surface area contributed by atoms with Gasteiger partial charge in [-0.05, 0) is 48.1 Å². The van der Waals surface area contributed by atoms with Gasteiger partial charge in [0.15, 0.2) is 0 Å². The van der Waals surface area contributed by atoms with Gasteiger partial charge >= 0.3 is 0 Å². The van der Waals surface area contributed by atoms with Crippen LogP contribution in [0, 0.1) is 0 Å². The smallest absolute Gasteiger partial charge is 0.0839 e. The molecule has 114 valence electrons. The van der Waals surface area contributed by atoms with Gasteiger partial charge in [-0.2, -0.15) is 0 Å². The number of hydrogen-bond acceptors (Lipinski definition) is 3. The lowest BCUT2D eigenvalue weighted by atomic mass is 10.1. The number of hydrogen-bond donors (Lipinski definition) is 2. The van der Waals surface area contributed by atoms with E-state index < -0.39 is 0 Å². The molecule has 4 heteroatoms. The van der Waals surface area contributed by atoms with Crippen molar-refractivity contribution in [3.63, 3.8) is 0 Å². The van der Waals surface area contributed by atoms with Crippen LogP contribution in [-0.4, -0.2) is 42.3 Å². The second kappa shape index (κ2) is 7.78. The molecule has 3 nitrogen and oxygen atoms in total. The molecular weight excluding hydrogens is 328 g/mol. The first-order chi connectivity index (χ1) is 10.1. The van der Waals surface area contributed by atoms with E-state index in [0.717, 1.165) is 23.2 Å². The van der Waals surface area contributed by atoms with Crippen molar-refractivity contribution in [3.05, 3.63) is 40.9 Å². The van der Waals surface area contributed by atoms with Crippen LogP contribution >= 0.6 is 15.9 Å². The van der Waals surface area contributed by atoms with Crippen molar-refractivity contribution in [2.24, 2.45) is 0 Å². The number of nitrogens with one attached hydrogen (secondary N) is 1. The molecule has 0 aliphatic carbocycles. The monoisotopic (exact) mass is 350 g/mol. The number of anilines is 1. The molecular formula is C17H23BrN2O. The molecule has 0 saturated heterocycles. The van der Waals surface area contributed by atoms with Gasteiger partial charge in [0, 0.05) is 23.2 Å². The zero-order valence-corrected chi connectivity index (χ0v) is 14.2. The van der Waals surface area contributed by atoms with Crippen LogP contribution in [-0.2, 0) is 0 Å². The maximum Gasteiger partial charge on any atom is 0.0839 e. The van der Waals surface area contributed by atoms with Gasteiger partial charge in [-0.3, -0.25) is 0 Å². The van der Waals surface area contributed by atoms with Crippen LogP contribution in [0.1, 0.15) is 13.8 Å². The third-order valence-corrected chi connectivity index (χ3v) is 4.20. The summed E-state index contributed by atoms with van der Waals surface area (Å²) < 4.78 is 1.09. The summed E-state index contributed by atoms with van der Waals surface area (Å²) in [5.74, 6) is 0. The highest BCUT2D eigenvalue weighted by molar-refractivity contribution is 9.10. The molecule has 2 N–H and O–H groups in total. The molecule has 0 amide bonds. The number of aliphatic hydroxyl groups excluding tert-OH is 1. The average molecular weight is 351 g/mol. The summed E-state index contributed by atoms with van der Waals surface area (Å²) in [6, 6.07) is 12.5. The Bertz CT molecular complexity index is 584. The first kappa shape index (κ1) is 16.3. The minimum atomic E-state index is -0.356. The molecule has 0 radical (unpaired) electrons. The molecule has 1 unspecified atom stereocenters. The molecule has 2 aromatic carbocycles. The van der Waals surface area contributed by atoms with E-state index in [9.17, 15) is 5.11 Å². The highest BCUT2D eigenvalue weighted by Crippen LogP contribution is 2.22. The normalized spacial score (nSPS) is 12.8. The van der Waals surface area contributed by atoms with E-state index in [-0.39, 0.29) is 6.10 Å². The maximum atomic E-state index is 10.1. The van der Waals surface area contributed by atoms with Crippen LogP contribution in [0.4, 0.5) is 5.69 Å². The van der Waals surface area contributed by atoms with Gasteiger partial charge in [-0.25, -0.2) is 0 Å². The van der Waals surface area contributed by atoms with Crippen LogP contribution in [0.3, 0.4) is 0 Å². The van der Waals surface area contributed by atoms with Crippen LogP contribution in [0.15, 0.2) is 40.9 Å². The van der Waals surface area contributed by atoms with Gasteiger partial charge in [0.25, 0.3) is 0 Å². The Hall–Kier alpha value is -1.10. The standard InChI is InChI=1S/C17H23BrN2O/c1-3-20(4-2)12-17(21)11-19-16-8-6-13-9-15(18)7-5-14(13)10-16/h5-10,17,19,21H,3-4,11-12H2,1-2H3. The molecule has 0 aliphatic heterocycles. The summed E-state index contributed by atoms with van der Waals surface area (Å²) >= 11 is 3.48. The zero-order chi connectivity index (χ0) is 15.2. The van der Waals surface area contributed by atoms with Crippen molar-refractivity contribution in [2.75, 3.05) is 31.5 Å². The molecule has 0 spiro atoms. The molecule has 0 fully saturated rings. The minimum Gasteiger partial charge on any atom is -0.390 e. The number of aliphatic hydroxyl groups is 1. The van der Waals surface area contributed by atoms with Crippen molar-refractivity contribution >= 4 is 32.4 Å². The van der Waals surface area contributed by atoms with Crippen molar-refractivity contribution in [3.8, 4) is 0 Å². The van der Waals surface area contributed by atoms with Gasteiger partial charge < -0.3 is 15.3 Å². The Morgan fingerprint density at radius 3 is 2.48 bits per heavy atom. The molecule has 0 bridgehead atoms. The van der Waals surface area contributed by atoms with Crippen LogP contribution in [0.25, 0.3) is 10.8 Å². The molecule has 0 heterocycles. The van der Waals surface area contributed by atoms with Crippen molar-refractivity contribution < 1.29 is 5.11 Å². The van der Waals surface area contributed by atoms with Crippen molar-refractivity contribution in [2.45, 2.75) is 20.0 Å². The molecule has 21 heavy (non-hydrogen) atoms. The lowest BCUT2D eigenvalue weighted by molar-refractivity contribution is 0.128. The molecule has 0 aliphatic rings. The van der Waals surface area contributed by atoms with Crippen molar-refractivity contribution in [1.82, 2.24) is 4.90 Å². The van der Waals surface area contributed by atoms with Crippen molar-refractivity contribution in [1.29, 1.82) is 0 Å². The summed E-state index contributed by atoms with van der Waals surface area (Å²) in [6.45, 7) is 7.45. The fraction of sp³-hybridized carbons (Fsp3) is 0.412. The maximum absolute atomic E-state index is 10.1. The number of fused-ring (bicyclic) bond motifs is 1. The van der Waals surface area contributed by atoms with E-state index in [1.165, 1.54) is 10.8 Å². The fourth-order valence-electron chi connectivity index (χ4n) is 2.41. The van der Waals surface area contributed by atoms with E-state index in [2.05, 4.69) is 70.3 Å². The Labute approximate surface area is 135 Å². The summed E-state index contributed by atoms with van der Waals surface area (Å²) in [6.07, 6.45) is -0.356. The van der Waals surface area contributed by atoms with Gasteiger partial charge in [-0.1, -0.05) is 41.9 Å². The molecule has 2 aromatic rings. The number of halogens is 1. The predicted molar refractivity (Wildman–Crippen MR) is 93.9 cm³/mol. The van der Waals surface area contributed by atoms with E-state index in [1.807, 2.05) is 6.07 Å². The molecule has 0 saturated carbocycles. The van der Waals surface area contributed by atoms with Gasteiger partial charge in [0.1, 0.15) is 0 Å². The number of nitrogens with zero attached hydrogens (tertiary/aromatic N) is 1. The Balaban J connectivity index is 1.95. The van der Waals surface area contributed by atoms with Gasteiger partial charge in [0.05, 0.1) is 6.10 Å². The number of benzene rings is 2. The quantitative estimate of drug-likeness (QED) is 0.798. The lowest BCUT2D eigenvalue weighted by Crippen LogP contribution is -2.35. The second-order valence-electron chi connectivity index (χ2n) is 5.23. The van der Waals surface area contributed by atoms with Gasteiger partial charge in [0.2, 0.25) is 0 Å². The van der Waals surface area contributed by atoms with E-state index in [4.69, 9.17) is 0 Å². The van der Waals surface area contributed by atoms with Crippen LogP contribution in [0.5, 0.6) is 0 Å². The summed E-state index contributed by atoms with van der Waals surface area (Å²) in [5.41, 5.74) is 1.04. The SMILES string of the molecule is CCN(CC)CC(O)CNc1ccc2cc(Br)ccc2c1. The van der Waals surface area contributed by atoms with Crippen LogP contribution < -0.4 is 5.32 Å². The fourth-order valence-corrected chi connectivity index (χ4v) is 2.79. The Kier molecular flexibility index (Phi) is 6.03. The second-order valence-corrected chi connectivity index (χ2v) is 6.14. The van der Waals surface area contributed by atoms with Crippen LogP contribution in [0.2, 0.25) is 0 Å². The third kappa shape index (κ3) is 4.70. The molecule has 0 aromatic heterocycles. The van der Waals surface area contributed by atoms with E-state index in [1.54, 1.807) is 0 Å². The highest BCUT2D eigenvalue weighted by Gasteiger charge is 2.08. The molecule has 1 atom stereocenters. The highest BCUT2D eigenvalue weighted by atomic mass is 79.9. The predicted octanol–water partition coefficient (Wildman–Crippen LogP) is 3.72. The number of rotatable bonds is 7. The number of likely N-dealkylation sites (N-methyl/N-ethyl adjacent to an activating group) is 1. The Morgan fingerprint density at radius 1 is 1.10 bits per heavy atom. The first-order valence-corrected chi connectivity index (χ1v) is 8.25. The summed E-state index contributed by atoms with van der Waals surface area (Å²) in [4.78, 5) is 2.23. The van der Waals surface area contributed by atoms with Gasteiger partial charge in [-0.15, -0.1) is 0 Å².